The zero-order valence-electron chi connectivity index (χ0n) is 12.7. The van der Waals surface area contributed by atoms with E-state index in [9.17, 15) is 4.39 Å². The number of likely N-dealkylation sites (N-methyl/N-ethyl adjacent to an activating group) is 1. The third kappa shape index (κ3) is 3.91. The summed E-state index contributed by atoms with van der Waals surface area (Å²) in [7, 11) is 3.20. The van der Waals surface area contributed by atoms with Crippen molar-refractivity contribution in [2.75, 3.05) is 32.2 Å². The number of nitrogens with zero attached hydrogens (tertiary/aromatic N) is 1. The molecule has 0 saturated carbocycles. The highest BCUT2D eigenvalue weighted by Crippen LogP contribution is 2.28. The van der Waals surface area contributed by atoms with Gasteiger partial charge in [-0.3, -0.25) is 0 Å². The topological polar surface area (TPSA) is 47.7 Å². The van der Waals surface area contributed by atoms with Gasteiger partial charge >= 0.3 is 0 Å². The van der Waals surface area contributed by atoms with Gasteiger partial charge in [0.1, 0.15) is 5.82 Å². The van der Waals surface area contributed by atoms with Crippen LogP contribution >= 0.6 is 0 Å². The van der Waals surface area contributed by atoms with Crippen molar-refractivity contribution < 1.29 is 13.9 Å². The lowest BCUT2D eigenvalue weighted by molar-refractivity contribution is -0.115. The van der Waals surface area contributed by atoms with E-state index in [2.05, 4.69) is 4.90 Å². The molecule has 0 spiro atoms. The second kappa shape index (κ2) is 7.57. The van der Waals surface area contributed by atoms with Crippen LogP contribution in [0.25, 0.3) is 0 Å². The van der Waals surface area contributed by atoms with Crippen molar-refractivity contribution in [1.29, 1.82) is 0 Å². The highest BCUT2D eigenvalue weighted by Gasteiger charge is 2.33. The second-order valence-corrected chi connectivity index (χ2v) is 5.03. The van der Waals surface area contributed by atoms with Crippen molar-refractivity contribution in [3.8, 4) is 0 Å². The molecule has 0 aliphatic carbocycles. The van der Waals surface area contributed by atoms with Crippen LogP contribution in [-0.2, 0) is 9.47 Å². The smallest absolute Gasteiger partial charge is 0.159 e. The maximum atomic E-state index is 13.4. The van der Waals surface area contributed by atoms with Crippen molar-refractivity contribution in [2.24, 2.45) is 5.73 Å². The monoisotopic (exact) mass is 284 g/mol. The van der Waals surface area contributed by atoms with Gasteiger partial charge < -0.3 is 20.1 Å². The average Bonchev–Trinajstić information content (AvgIpc) is 2.45. The molecule has 0 aliphatic heterocycles. The van der Waals surface area contributed by atoms with E-state index < -0.39 is 0 Å². The highest BCUT2D eigenvalue weighted by atomic mass is 19.1. The zero-order chi connectivity index (χ0) is 15.2. The van der Waals surface area contributed by atoms with Crippen LogP contribution in [0.1, 0.15) is 20.3 Å². The van der Waals surface area contributed by atoms with Crippen molar-refractivity contribution in [3.63, 3.8) is 0 Å². The molecule has 0 aliphatic rings. The first-order chi connectivity index (χ1) is 9.50. The van der Waals surface area contributed by atoms with Crippen LogP contribution in [-0.4, -0.2) is 39.1 Å². The molecule has 0 radical (unpaired) electrons. The molecule has 5 heteroatoms. The molecular weight excluding hydrogens is 259 g/mol. The number of anilines is 1. The second-order valence-electron chi connectivity index (χ2n) is 5.03. The fourth-order valence-corrected chi connectivity index (χ4v) is 2.45. The van der Waals surface area contributed by atoms with Crippen LogP contribution < -0.4 is 10.6 Å². The number of hydrogen-bond acceptors (Lipinski definition) is 4. The summed E-state index contributed by atoms with van der Waals surface area (Å²) in [6, 6.07) is 6.54. The van der Waals surface area contributed by atoms with E-state index in [0.717, 1.165) is 12.2 Å². The molecular formula is C15H25FN2O2. The van der Waals surface area contributed by atoms with Gasteiger partial charge in [-0.05, 0) is 32.0 Å². The molecule has 1 unspecified atom stereocenters. The van der Waals surface area contributed by atoms with Crippen molar-refractivity contribution in [2.45, 2.75) is 32.1 Å². The molecule has 2 N–H and O–H groups in total. The zero-order valence-corrected chi connectivity index (χ0v) is 12.7. The Bertz CT molecular complexity index is 413. The lowest BCUT2D eigenvalue weighted by atomic mass is 9.94. The van der Waals surface area contributed by atoms with Gasteiger partial charge in [-0.1, -0.05) is 6.07 Å². The molecule has 0 bridgehead atoms. The third-order valence-corrected chi connectivity index (χ3v) is 3.66. The Labute approximate surface area is 120 Å². The quantitative estimate of drug-likeness (QED) is 0.745. The minimum atomic E-state index is -0.376. The Morgan fingerprint density at radius 2 is 2.00 bits per heavy atom. The molecule has 1 atom stereocenters. The predicted molar refractivity (Wildman–Crippen MR) is 79.3 cm³/mol. The molecule has 1 aromatic rings. The van der Waals surface area contributed by atoms with E-state index in [1.165, 1.54) is 12.1 Å². The van der Waals surface area contributed by atoms with Crippen LogP contribution in [0.4, 0.5) is 10.1 Å². The summed E-state index contributed by atoms with van der Waals surface area (Å²) < 4.78 is 24.0. The van der Waals surface area contributed by atoms with Gasteiger partial charge in [0.05, 0.1) is 5.54 Å². The van der Waals surface area contributed by atoms with Crippen LogP contribution in [0.15, 0.2) is 24.3 Å². The summed E-state index contributed by atoms with van der Waals surface area (Å²) >= 11 is 0. The predicted octanol–water partition coefficient (Wildman–Crippen LogP) is 2.38. The molecule has 114 valence electrons. The fourth-order valence-electron chi connectivity index (χ4n) is 2.45. The summed E-state index contributed by atoms with van der Waals surface area (Å²) in [5, 5.41) is 0. The standard InChI is InChI=1S/C15H25FN2O2/c1-5-18(13-8-6-7-12(16)9-13)15(2,11-17)10-14(19-3)20-4/h6-9,14H,5,10-11,17H2,1-4H3. The number of rotatable bonds is 8. The van der Waals surface area contributed by atoms with Crippen molar-refractivity contribution >= 4 is 5.69 Å². The van der Waals surface area contributed by atoms with Gasteiger partial charge in [0.25, 0.3) is 0 Å². The average molecular weight is 284 g/mol. The van der Waals surface area contributed by atoms with E-state index >= 15 is 0 Å². The van der Waals surface area contributed by atoms with Gasteiger partial charge in [-0.25, -0.2) is 4.39 Å². The number of ether oxygens (including phenoxy) is 2. The van der Waals surface area contributed by atoms with Crippen molar-refractivity contribution in [3.05, 3.63) is 30.1 Å². The number of hydrogen-bond donors (Lipinski definition) is 1. The fraction of sp³-hybridized carbons (Fsp3) is 0.600. The Kier molecular flexibility index (Phi) is 6.39. The molecule has 0 amide bonds. The number of nitrogens with two attached hydrogens (primary N) is 1. The normalized spacial score (nSPS) is 14.3. The molecule has 0 saturated heterocycles. The van der Waals surface area contributed by atoms with Crippen LogP contribution in [0.3, 0.4) is 0 Å². The summed E-state index contributed by atoms with van der Waals surface area (Å²) in [5.41, 5.74) is 6.41. The van der Waals surface area contributed by atoms with Gasteiger partial charge in [0, 0.05) is 39.4 Å². The van der Waals surface area contributed by atoms with Gasteiger partial charge in [0.15, 0.2) is 6.29 Å². The Morgan fingerprint density at radius 3 is 2.45 bits per heavy atom. The molecule has 0 heterocycles. The van der Waals surface area contributed by atoms with E-state index in [0.29, 0.717) is 13.0 Å². The van der Waals surface area contributed by atoms with Gasteiger partial charge in [0.2, 0.25) is 0 Å². The molecule has 4 nitrogen and oxygen atoms in total. The molecule has 1 aromatic carbocycles. The van der Waals surface area contributed by atoms with Gasteiger partial charge in [-0.2, -0.15) is 0 Å². The Balaban J connectivity index is 3.04. The molecule has 1 rings (SSSR count). The minimum absolute atomic E-state index is 0.254. The van der Waals surface area contributed by atoms with E-state index in [-0.39, 0.29) is 17.6 Å². The number of methoxy groups -OCH3 is 2. The lowest BCUT2D eigenvalue weighted by Gasteiger charge is -2.43. The van der Waals surface area contributed by atoms with Crippen LogP contribution in [0, 0.1) is 5.82 Å². The van der Waals surface area contributed by atoms with Crippen LogP contribution in [0.2, 0.25) is 0 Å². The Hall–Kier alpha value is -1.17. The lowest BCUT2D eigenvalue weighted by Crippen LogP contribution is -2.54. The number of halogens is 1. The summed E-state index contributed by atoms with van der Waals surface area (Å²) in [5.74, 6) is -0.254. The highest BCUT2D eigenvalue weighted by molar-refractivity contribution is 5.49. The van der Waals surface area contributed by atoms with Crippen LogP contribution in [0.5, 0.6) is 0 Å². The summed E-state index contributed by atoms with van der Waals surface area (Å²) in [4.78, 5) is 2.08. The first kappa shape index (κ1) is 16.9. The first-order valence-electron chi connectivity index (χ1n) is 6.79. The maximum Gasteiger partial charge on any atom is 0.159 e. The van der Waals surface area contributed by atoms with Crippen molar-refractivity contribution in [1.82, 2.24) is 0 Å². The molecule has 0 aromatic heterocycles. The van der Waals surface area contributed by atoms with E-state index in [1.807, 2.05) is 19.9 Å². The van der Waals surface area contributed by atoms with E-state index in [1.54, 1.807) is 20.3 Å². The third-order valence-electron chi connectivity index (χ3n) is 3.66. The largest absolute Gasteiger partial charge is 0.365 e. The first-order valence-corrected chi connectivity index (χ1v) is 6.79. The van der Waals surface area contributed by atoms with E-state index in [4.69, 9.17) is 15.2 Å². The molecule has 0 fully saturated rings. The SMILES string of the molecule is CCN(c1cccc(F)c1)C(C)(CN)CC(OC)OC. The minimum Gasteiger partial charge on any atom is -0.365 e. The Morgan fingerprint density at radius 1 is 1.35 bits per heavy atom. The summed E-state index contributed by atoms with van der Waals surface area (Å²) in [6.45, 7) is 5.19. The van der Waals surface area contributed by atoms with Gasteiger partial charge in [-0.15, -0.1) is 0 Å². The summed E-state index contributed by atoms with van der Waals surface area (Å²) in [6.07, 6.45) is 0.257. The molecule has 20 heavy (non-hydrogen) atoms. The maximum absolute atomic E-state index is 13.4. The number of benzene rings is 1.